The summed E-state index contributed by atoms with van der Waals surface area (Å²) in [5.74, 6) is -9.80. The van der Waals surface area contributed by atoms with E-state index in [1.807, 2.05) is 0 Å². The van der Waals surface area contributed by atoms with E-state index in [0.29, 0.717) is 38.8 Å². The highest BCUT2D eigenvalue weighted by molar-refractivity contribution is 5.86. The van der Waals surface area contributed by atoms with E-state index in [2.05, 4.69) is 5.32 Å². The molecule has 0 aliphatic carbocycles. The number of carbonyl (C=O) groups excluding carboxylic acids is 1. The fourth-order valence-electron chi connectivity index (χ4n) is 1.33. The van der Waals surface area contributed by atoms with E-state index in [1.165, 1.54) is 0 Å². The topological polar surface area (TPSA) is 256 Å². The number of rotatable bonds is 9. The maximum Gasteiger partial charge on any atom is 0.490 e. The minimum absolute atomic E-state index is 0.307. The van der Waals surface area contributed by atoms with Crippen molar-refractivity contribution in [2.45, 2.75) is 56.3 Å². The van der Waals surface area contributed by atoms with E-state index in [1.54, 1.807) is 0 Å². The van der Waals surface area contributed by atoms with Crippen LogP contribution in [0.1, 0.15) is 25.7 Å². The van der Waals surface area contributed by atoms with E-state index in [-0.39, 0.29) is 0 Å². The van der Waals surface area contributed by atoms with E-state index in [4.69, 9.17) is 52.0 Å². The summed E-state index contributed by atoms with van der Waals surface area (Å²) >= 11 is 0. The molecule has 0 aromatic rings. The molecule has 226 valence electrons. The lowest BCUT2D eigenvalue weighted by Crippen LogP contribution is -2.48. The molecule has 0 spiro atoms. The molecule has 0 aliphatic heterocycles. The number of alkyl halides is 9. The first kappa shape index (κ1) is 41.7. The van der Waals surface area contributed by atoms with Gasteiger partial charge in [0.25, 0.3) is 0 Å². The van der Waals surface area contributed by atoms with Gasteiger partial charge in [0.05, 0.1) is 6.04 Å². The second-order valence-corrected chi connectivity index (χ2v) is 6.28. The lowest BCUT2D eigenvalue weighted by atomic mass is 10.1. The summed E-state index contributed by atoms with van der Waals surface area (Å²) in [5.41, 5.74) is 16.2. The van der Waals surface area contributed by atoms with Crippen LogP contribution in [0.15, 0.2) is 0 Å². The molecule has 22 heteroatoms. The van der Waals surface area contributed by atoms with Gasteiger partial charge in [-0.3, -0.25) is 4.79 Å². The zero-order valence-electron chi connectivity index (χ0n) is 18.9. The molecule has 0 fully saturated rings. The number of hydrogen-bond donors (Lipinski definition) is 8. The van der Waals surface area contributed by atoms with Gasteiger partial charge in [-0.05, 0) is 38.8 Å². The Kier molecular flexibility index (Phi) is 21.6. The first-order chi connectivity index (χ1) is 16.9. The van der Waals surface area contributed by atoms with Gasteiger partial charge in [-0.15, -0.1) is 0 Å². The van der Waals surface area contributed by atoms with E-state index in [9.17, 15) is 49.1 Å². The van der Waals surface area contributed by atoms with Gasteiger partial charge in [0.1, 0.15) is 6.04 Å². The van der Waals surface area contributed by atoms with Crippen molar-refractivity contribution in [1.29, 1.82) is 0 Å². The molecule has 0 aliphatic rings. The number of nitrogens with two attached hydrogens (primary N) is 3. The number of aliphatic carboxylic acids is 4. The second-order valence-electron chi connectivity index (χ2n) is 6.28. The van der Waals surface area contributed by atoms with Crippen LogP contribution in [0.5, 0.6) is 0 Å². The number of carbonyl (C=O) groups is 5. The molecule has 0 aromatic carbocycles. The highest BCUT2D eigenvalue weighted by Gasteiger charge is 2.39. The molecule has 0 bridgehead atoms. The lowest BCUT2D eigenvalue weighted by Gasteiger charge is -2.17. The van der Waals surface area contributed by atoms with Crippen molar-refractivity contribution in [3.63, 3.8) is 0 Å². The van der Waals surface area contributed by atoms with E-state index < -0.39 is 60.4 Å². The highest BCUT2D eigenvalue weighted by atomic mass is 19.4. The Labute approximate surface area is 206 Å². The maximum atomic E-state index is 11.6. The first-order valence-corrected chi connectivity index (χ1v) is 9.45. The Hall–Kier alpha value is -3.40. The van der Waals surface area contributed by atoms with Crippen LogP contribution in [0.2, 0.25) is 0 Å². The average Bonchev–Trinajstić information content (AvgIpc) is 2.73. The molecule has 38 heavy (non-hydrogen) atoms. The molecular formula is C16H25F9N4O9. The normalized spacial score (nSPS) is 12.5. The number of carboxylic acid groups (broad SMARTS) is 4. The van der Waals surface area contributed by atoms with Crippen LogP contribution in [0.25, 0.3) is 0 Å². The zero-order chi connectivity index (χ0) is 31.5. The van der Waals surface area contributed by atoms with Gasteiger partial charge >= 0.3 is 42.4 Å². The number of halogens is 9. The minimum atomic E-state index is -5.08. The fourth-order valence-corrected chi connectivity index (χ4v) is 1.33. The first-order valence-electron chi connectivity index (χ1n) is 9.45. The van der Waals surface area contributed by atoms with Crippen LogP contribution < -0.4 is 22.5 Å². The molecule has 11 N–H and O–H groups in total. The van der Waals surface area contributed by atoms with Crippen molar-refractivity contribution in [1.82, 2.24) is 5.32 Å². The Bertz CT molecular complexity index is 688. The van der Waals surface area contributed by atoms with Crippen molar-refractivity contribution in [2.24, 2.45) is 17.2 Å². The van der Waals surface area contributed by atoms with Crippen LogP contribution >= 0.6 is 0 Å². The number of hydrogen-bond acceptors (Lipinski definition) is 8. The van der Waals surface area contributed by atoms with Crippen molar-refractivity contribution >= 4 is 29.8 Å². The second kappa shape index (κ2) is 19.7. The Balaban J connectivity index is -0.000000228. The Morgan fingerprint density at radius 2 is 0.895 bits per heavy atom. The SMILES string of the molecule is NCCC[C@H](NC(=O)[C@@H](N)CCCN)C(=O)O.O=C(O)C(F)(F)F.O=C(O)C(F)(F)F.O=C(O)C(F)(F)F. The minimum Gasteiger partial charge on any atom is -0.480 e. The summed E-state index contributed by atoms with van der Waals surface area (Å²) in [6.07, 6.45) is -13.3. The summed E-state index contributed by atoms with van der Waals surface area (Å²) in [6.45, 7) is 0.843. The van der Waals surface area contributed by atoms with Crippen LogP contribution in [0.4, 0.5) is 39.5 Å². The van der Waals surface area contributed by atoms with Gasteiger partial charge in [-0.2, -0.15) is 39.5 Å². The fraction of sp³-hybridized carbons (Fsp3) is 0.688. The monoisotopic (exact) mass is 588 g/mol. The molecule has 2 atom stereocenters. The Morgan fingerprint density at radius 1 is 0.632 bits per heavy atom. The molecule has 0 unspecified atom stereocenters. The molecule has 0 radical (unpaired) electrons. The predicted octanol–water partition coefficient (Wildman–Crippen LogP) is 0.261. The molecule has 13 nitrogen and oxygen atoms in total. The van der Waals surface area contributed by atoms with Crippen molar-refractivity contribution in [3.05, 3.63) is 0 Å². The zero-order valence-corrected chi connectivity index (χ0v) is 18.9. The average molecular weight is 588 g/mol. The van der Waals surface area contributed by atoms with Gasteiger partial charge in [-0.25, -0.2) is 19.2 Å². The largest absolute Gasteiger partial charge is 0.490 e. The van der Waals surface area contributed by atoms with Crippen LogP contribution in [-0.2, 0) is 24.0 Å². The summed E-state index contributed by atoms with van der Waals surface area (Å²) in [4.78, 5) is 49.1. The van der Waals surface area contributed by atoms with Gasteiger partial charge in [0.15, 0.2) is 0 Å². The lowest BCUT2D eigenvalue weighted by molar-refractivity contribution is -0.193. The van der Waals surface area contributed by atoms with Gasteiger partial charge in [0.2, 0.25) is 5.91 Å². The third kappa shape index (κ3) is 27.2. The molecule has 0 saturated carbocycles. The van der Waals surface area contributed by atoms with Gasteiger partial charge in [0, 0.05) is 0 Å². The maximum absolute atomic E-state index is 11.6. The van der Waals surface area contributed by atoms with Gasteiger partial charge < -0.3 is 42.9 Å². The summed E-state index contributed by atoms with van der Waals surface area (Å²) in [7, 11) is 0. The van der Waals surface area contributed by atoms with Crippen LogP contribution in [0.3, 0.4) is 0 Å². The molecule has 0 saturated heterocycles. The smallest absolute Gasteiger partial charge is 0.480 e. The summed E-state index contributed by atoms with van der Waals surface area (Å²) in [6, 6.07) is -1.63. The van der Waals surface area contributed by atoms with Crippen LogP contribution in [-0.4, -0.2) is 93.9 Å². The van der Waals surface area contributed by atoms with Crippen molar-refractivity contribution in [3.8, 4) is 0 Å². The van der Waals surface area contributed by atoms with E-state index in [0.717, 1.165) is 0 Å². The van der Waals surface area contributed by atoms with Gasteiger partial charge in [-0.1, -0.05) is 0 Å². The summed E-state index contributed by atoms with van der Waals surface area (Å²) < 4.78 is 95.2. The third-order valence-corrected chi connectivity index (χ3v) is 3.10. The highest BCUT2D eigenvalue weighted by Crippen LogP contribution is 2.14. The Morgan fingerprint density at radius 3 is 1.11 bits per heavy atom. The molecule has 0 rings (SSSR count). The number of nitrogens with one attached hydrogen (secondary N) is 1. The van der Waals surface area contributed by atoms with Crippen LogP contribution in [0, 0.1) is 0 Å². The molecule has 1 amide bonds. The third-order valence-electron chi connectivity index (χ3n) is 3.10. The summed E-state index contributed by atoms with van der Waals surface area (Å²) in [5, 5.41) is 32.7. The molecule has 0 aromatic heterocycles. The number of carboxylic acids is 4. The molecule has 0 heterocycles. The number of amides is 1. The van der Waals surface area contributed by atoms with E-state index >= 15 is 0 Å². The standard InChI is InChI=1S/C10H22N4O3.3C2HF3O2/c11-5-1-3-7(13)9(15)14-8(10(16)17)4-2-6-12;3*3-2(4,5)1(6)7/h7-8H,1-6,11-13H2,(H,14,15)(H,16,17);3*(H,6,7)/t7-,8-;;;/m0.../s1. The van der Waals surface area contributed by atoms with Crippen molar-refractivity contribution in [2.75, 3.05) is 13.1 Å². The predicted molar refractivity (Wildman–Crippen MR) is 105 cm³/mol. The quantitative estimate of drug-likeness (QED) is 0.169. The molecular weight excluding hydrogens is 563 g/mol. The van der Waals surface area contributed by atoms with Crippen molar-refractivity contribution < 1.29 is 83.9 Å².